The molecule has 0 radical (unpaired) electrons. The molecule has 0 aromatic carbocycles. The van der Waals surface area contributed by atoms with Crippen molar-refractivity contribution in [3.05, 3.63) is 0 Å². The Hall–Kier alpha value is -0.120. The number of hydrogen-bond donors (Lipinski definition) is 2. The van der Waals surface area contributed by atoms with Crippen molar-refractivity contribution < 1.29 is 9.84 Å². The van der Waals surface area contributed by atoms with E-state index in [1.165, 1.54) is 0 Å². The highest BCUT2D eigenvalue weighted by atomic mass is 16.5. The Morgan fingerprint density at radius 3 is 2.75 bits per heavy atom. The molecular formula is C5H11NO2. The third-order valence-corrected chi connectivity index (χ3v) is 1.36. The van der Waals surface area contributed by atoms with Crippen molar-refractivity contribution in [3.63, 3.8) is 0 Å². The molecule has 1 heterocycles. The molecule has 3 heteroatoms. The fourth-order valence-electron chi connectivity index (χ4n) is 0.749. The zero-order valence-corrected chi connectivity index (χ0v) is 4.71. The van der Waals surface area contributed by atoms with E-state index in [4.69, 9.17) is 15.6 Å². The molecule has 0 saturated carbocycles. The summed E-state index contributed by atoms with van der Waals surface area (Å²) in [7, 11) is 0. The van der Waals surface area contributed by atoms with E-state index in [2.05, 4.69) is 0 Å². The summed E-state index contributed by atoms with van der Waals surface area (Å²) in [5.74, 6) is 0. The summed E-state index contributed by atoms with van der Waals surface area (Å²) in [5.41, 5.74) is 5.40. The van der Waals surface area contributed by atoms with Crippen LogP contribution in [0.3, 0.4) is 0 Å². The molecule has 3 N–H and O–H groups in total. The fourth-order valence-corrected chi connectivity index (χ4v) is 0.749. The molecule has 3 nitrogen and oxygen atoms in total. The summed E-state index contributed by atoms with van der Waals surface area (Å²) in [5, 5.41) is 8.97. The molecule has 0 aromatic rings. The first kappa shape index (κ1) is 6.01. The molecule has 1 fully saturated rings. The van der Waals surface area contributed by atoms with E-state index >= 15 is 0 Å². The number of aliphatic hydroxyl groups excluding tert-OH is 1. The maximum Gasteiger partial charge on any atom is 0.0735 e. The largest absolute Gasteiger partial charge is 0.391 e. The minimum atomic E-state index is -0.344. The summed E-state index contributed by atoms with van der Waals surface area (Å²) >= 11 is 0. The molecule has 8 heavy (non-hydrogen) atoms. The van der Waals surface area contributed by atoms with E-state index in [-0.39, 0.29) is 12.1 Å². The minimum absolute atomic E-state index is 0.163. The van der Waals surface area contributed by atoms with Crippen LogP contribution in [0.15, 0.2) is 0 Å². The number of ether oxygens (including phenoxy) is 1. The quantitative estimate of drug-likeness (QED) is 0.432. The standard InChI is InChI=1S/C5H11NO2/c6-4-3-8-2-1-5(4)7/h4-5,7H,1-3,6H2/t4-,5-/m1/s1. The highest BCUT2D eigenvalue weighted by Gasteiger charge is 2.18. The molecule has 1 aliphatic rings. The van der Waals surface area contributed by atoms with E-state index in [1.807, 2.05) is 0 Å². The predicted molar refractivity (Wildman–Crippen MR) is 29.4 cm³/mol. The van der Waals surface area contributed by atoms with Crippen LogP contribution in [0, 0.1) is 0 Å². The Balaban J connectivity index is 2.28. The van der Waals surface area contributed by atoms with Gasteiger partial charge in [0.05, 0.1) is 18.8 Å². The van der Waals surface area contributed by atoms with Crippen LogP contribution in [0.2, 0.25) is 0 Å². The highest BCUT2D eigenvalue weighted by molar-refractivity contribution is 4.74. The van der Waals surface area contributed by atoms with Gasteiger partial charge in [-0.05, 0) is 6.42 Å². The van der Waals surface area contributed by atoms with Crippen molar-refractivity contribution in [2.24, 2.45) is 5.73 Å². The van der Waals surface area contributed by atoms with Crippen LogP contribution in [-0.4, -0.2) is 30.5 Å². The molecule has 2 atom stereocenters. The lowest BCUT2D eigenvalue weighted by Crippen LogP contribution is -2.43. The first-order valence-corrected chi connectivity index (χ1v) is 2.82. The third-order valence-electron chi connectivity index (χ3n) is 1.36. The molecule has 1 aliphatic heterocycles. The predicted octanol–water partition coefficient (Wildman–Crippen LogP) is -0.905. The summed E-state index contributed by atoms with van der Waals surface area (Å²) in [6.45, 7) is 1.15. The van der Waals surface area contributed by atoms with Crippen LogP contribution >= 0.6 is 0 Å². The van der Waals surface area contributed by atoms with E-state index in [1.54, 1.807) is 0 Å². The third kappa shape index (κ3) is 1.18. The normalized spacial score (nSPS) is 39.8. The van der Waals surface area contributed by atoms with Gasteiger partial charge in [-0.25, -0.2) is 0 Å². The molecule has 1 rings (SSSR count). The van der Waals surface area contributed by atoms with Crippen LogP contribution < -0.4 is 5.73 Å². The van der Waals surface area contributed by atoms with Crippen molar-refractivity contribution in [2.75, 3.05) is 13.2 Å². The second-order valence-electron chi connectivity index (χ2n) is 2.09. The molecule has 0 aliphatic carbocycles. The Labute approximate surface area is 48.4 Å². The zero-order chi connectivity index (χ0) is 5.98. The molecule has 0 unspecified atom stereocenters. The molecule has 0 aromatic heterocycles. The summed E-state index contributed by atoms with van der Waals surface area (Å²) in [6, 6.07) is -0.163. The number of hydrogen-bond acceptors (Lipinski definition) is 3. The summed E-state index contributed by atoms with van der Waals surface area (Å²) in [4.78, 5) is 0. The van der Waals surface area contributed by atoms with E-state index in [0.717, 1.165) is 0 Å². The molecule has 48 valence electrons. The van der Waals surface area contributed by atoms with Gasteiger partial charge in [0, 0.05) is 6.61 Å². The van der Waals surface area contributed by atoms with Crippen molar-refractivity contribution in [1.29, 1.82) is 0 Å². The second-order valence-corrected chi connectivity index (χ2v) is 2.09. The maximum absolute atomic E-state index is 8.97. The molecule has 0 bridgehead atoms. The van der Waals surface area contributed by atoms with E-state index in [0.29, 0.717) is 19.6 Å². The SMILES string of the molecule is N[C@@H]1COCC[C@H]1O. The van der Waals surface area contributed by atoms with E-state index < -0.39 is 0 Å². The van der Waals surface area contributed by atoms with Gasteiger partial charge >= 0.3 is 0 Å². The smallest absolute Gasteiger partial charge is 0.0735 e. The second kappa shape index (κ2) is 2.44. The fraction of sp³-hybridized carbons (Fsp3) is 1.00. The van der Waals surface area contributed by atoms with Crippen molar-refractivity contribution in [1.82, 2.24) is 0 Å². The van der Waals surface area contributed by atoms with Crippen LogP contribution in [0.25, 0.3) is 0 Å². The van der Waals surface area contributed by atoms with Gasteiger partial charge in [0.25, 0.3) is 0 Å². The van der Waals surface area contributed by atoms with Gasteiger partial charge in [0.2, 0.25) is 0 Å². The van der Waals surface area contributed by atoms with Gasteiger partial charge < -0.3 is 15.6 Å². The lowest BCUT2D eigenvalue weighted by atomic mass is 10.1. The topological polar surface area (TPSA) is 55.5 Å². The van der Waals surface area contributed by atoms with Crippen molar-refractivity contribution in [2.45, 2.75) is 18.6 Å². The average Bonchev–Trinajstić information content (AvgIpc) is 1.77. The molecule has 0 amide bonds. The van der Waals surface area contributed by atoms with Gasteiger partial charge in [-0.2, -0.15) is 0 Å². The summed E-state index contributed by atoms with van der Waals surface area (Å²) < 4.78 is 4.97. The van der Waals surface area contributed by atoms with Gasteiger partial charge in [0.1, 0.15) is 0 Å². The first-order valence-electron chi connectivity index (χ1n) is 2.82. The minimum Gasteiger partial charge on any atom is -0.391 e. The van der Waals surface area contributed by atoms with Crippen LogP contribution in [0.5, 0.6) is 0 Å². The monoisotopic (exact) mass is 117 g/mol. The maximum atomic E-state index is 8.97. The van der Waals surface area contributed by atoms with Gasteiger partial charge in [-0.15, -0.1) is 0 Å². The lowest BCUT2D eigenvalue weighted by molar-refractivity contribution is -0.00319. The molecular weight excluding hydrogens is 106 g/mol. The number of aliphatic hydroxyl groups is 1. The molecule has 0 spiro atoms. The number of rotatable bonds is 0. The summed E-state index contributed by atoms with van der Waals surface area (Å²) in [6.07, 6.45) is 0.338. The van der Waals surface area contributed by atoms with Gasteiger partial charge in [-0.1, -0.05) is 0 Å². The Kier molecular flexibility index (Phi) is 1.83. The van der Waals surface area contributed by atoms with Gasteiger partial charge in [0.15, 0.2) is 0 Å². The highest BCUT2D eigenvalue weighted by Crippen LogP contribution is 2.03. The zero-order valence-electron chi connectivity index (χ0n) is 4.71. The first-order chi connectivity index (χ1) is 3.80. The average molecular weight is 117 g/mol. The number of nitrogens with two attached hydrogens (primary N) is 1. The molecule has 1 saturated heterocycles. The van der Waals surface area contributed by atoms with Crippen molar-refractivity contribution in [3.8, 4) is 0 Å². The van der Waals surface area contributed by atoms with Crippen LogP contribution in [-0.2, 0) is 4.74 Å². The van der Waals surface area contributed by atoms with Crippen LogP contribution in [0.1, 0.15) is 6.42 Å². The lowest BCUT2D eigenvalue weighted by Gasteiger charge is -2.23. The van der Waals surface area contributed by atoms with Gasteiger partial charge in [-0.3, -0.25) is 0 Å². The van der Waals surface area contributed by atoms with Crippen LogP contribution in [0.4, 0.5) is 0 Å². The van der Waals surface area contributed by atoms with E-state index in [9.17, 15) is 0 Å². The van der Waals surface area contributed by atoms with Crippen molar-refractivity contribution >= 4 is 0 Å². The Bertz CT molecular complexity index is 66.8. The Morgan fingerprint density at radius 2 is 2.38 bits per heavy atom. The Morgan fingerprint density at radius 1 is 1.62 bits per heavy atom.